The van der Waals surface area contributed by atoms with Gasteiger partial charge < -0.3 is 15.2 Å². The van der Waals surface area contributed by atoms with E-state index in [1.807, 2.05) is 0 Å². The SMILES string of the molecule is CC(=O)NC(CC(=O)O)C(=O)COC(C)=O. The van der Waals surface area contributed by atoms with Crippen molar-refractivity contribution in [2.45, 2.75) is 26.3 Å². The first-order valence-electron chi connectivity index (χ1n) is 4.48. The number of ether oxygens (including phenoxy) is 1. The van der Waals surface area contributed by atoms with Gasteiger partial charge in [0.25, 0.3) is 0 Å². The highest BCUT2D eigenvalue weighted by atomic mass is 16.5. The zero-order valence-corrected chi connectivity index (χ0v) is 8.98. The third-order valence-corrected chi connectivity index (χ3v) is 1.56. The van der Waals surface area contributed by atoms with E-state index in [1.54, 1.807) is 0 Å². The van der Waals surface area contributed by atoms with Crippen LogP contribution in [-0.2, 0) is 23.9 Å². The second-order valence-corrected chi connectivity index (χ2v) is 3.10. The molecule has 0 aliphatic carbocycles. The van der Waals surface area contributed by atoms with Gasteiger partial charge in [-0.2, -0.15) is 0 Å². The summed E-state index contributed by atoms with van der Waals surface area (Å²) < 4.78 is 4.42. The Morgan fingerprint density at radius 1 is 1.25 bits per heavy atom. The molecule has 1 unspecified atom stereocenters. The molecule has 90 valence electrons. The first kappa shape index (κ1) is 14.1. The molecule has 16 heavy (non-hydrogen) atoms. The monoisotopic (exact) mass is 231 g/mol. The first-order valence-corrected chi connectivity index (χ1v) is 4.48. The van der Waals surface area contributed by atoms with Gasteiger partial charge in [0.15, 0.2) is 12.4 Å². The van der Waals surface area contributed by atoms with Gasteiger partial charge in [-0.1, -0.05) is 0 Å². The number of aliphatic carboxylic acids is 1. The minimum absolute atomic E-state index is 0.526. The standard InChI is InChI=1S/C9H13NO6/c1-5(11)10-7(3-9(14)15)8(13)4-16-6(2)12/h7H,3-4H2,1-2H3,(H,10,11)(H,14,15). The molecule has 7 heteroatoms. The number of carbonyl (C=O) groups is 4. The zero-order valence-electron chi connectivity index (χ0n) is 8.98. The van der Waals surface area contributed by atoms with Crippen LogP contribution >= 0.6 is 0 Å². The maximum absolute atomic E-state index is 11.4. The van der Waals surface area contributed by atoms with Crippen molar-refractivity contribution in [2.24, 2.45) is 0 Å². The molecule has 7 nitrogen and oxygen atoms in total. The van der Waals surface area contributed by atoms with Crippen molar-refractivity contribution >= 4 is 23.6 Å². The van der Waals surface area contributed by atoms with Gasteiger partial charge in [0, 0.05) is 13.8 Å². The fraction of sp³-hybridized carbons (Fsp3) is 0.556. The Balaban J connectivity index is 4.36. The molecule has 0 aliphatic heterocycles. The number of carboxylic acids is 1. The molecule has 0 aliphatic rings. The molecule has 0 rings (SSSR count). The smallest absolute Gasteiger partial charge is 0.305 e. The molecular weight excluding hydrogens is 218 g/mol. The van der Waals surface area contributed by atoms with E-state index in [0.29, 0.717) is 0 Å². The molecule has 0 saturated heterocycles. The zero-order chi connectivity index (χ0) is 12.7. The van der Waals surface area contributed by atoms with Gasteiger partial charge in [-0.3, -0.25) is 19.2 Å². The van der Waals surface area contributed by atoms with Crippen LogP contribution in [0.5, 0.6) is 0 Å². The van der Waals surface area contributed by atoms with Crippen LogP contribution in [-0.4, -0.2) is 41.4 Å². The lowest BCUT2D eigenvalue weighted by atomic mass is 10.1. The summed E-state index contributed by atoms with van der Waals surface area (Å²) >= 11 is 0. The predicted octanol–water partition coefficient (Wildman–Crippen LogP) is -0.902. The van der Waals surface area contributed by atoms with Crippen molar-refractivity contribution in [3.05, 3.63) is 0 Å². The van der Waals surface area contributed by atoms with E-state index in [2.05, 4.69) is 10.1 Å². The highest BCUT2D eigenvalue weighted by molar-refractivity contribution is 5.92. The Bertz CT molecular complexity index is 295. The summed E-state index contributed by atoms with van der Waals surface area (Å²) in [6, 6.07) is -1.17. The largest absolute Gasteiger partial charge is 0.481 e. The van der Waals surface area contributed by atoms with Gasteiger partial charge in [0.05, 0.1) is 6.42 Å². The average molecular weight is 231 g/mol. The maximum Gasteiger partial charge on any atom is 0.305 e. The molecule has 0 aromatic rings. The summed E-state index contributed by atoms with van der Waals surface area (Å²) in [5.74, 6) is -3.06. The normalized spacial score (nSPS) is 11.4. The lowest BCUT2D eigenvalue weighted by Gasteiger charge is -2.14. The van der Waals surface area contributed by atoms with Crippen LogP contribution in [0.1, 0.15) is 20.3 Å². The summed E-state index contributed by atoms with van der Waals surface area (Å²) in [7, 11) is 0. The number of amides is 1. The number of hydrogen-bond acceptors (Lipinski definition) is 5. The van der Waals surface area contributed by atoms with Crippen LogP contribution in [0.25, 0.3) is 0 Å². The highest BCUT2D eigenvalue weighted by Gasteiger charge is 2.23. The molecule has 0 heterocycles. The van der Waals surface area contributed by atoms with Gasteiger partial charge in [-0.05, 0) is 0 Å². The highest BCUT2D eigenvalue weighted by Crippen LogP contribution is 1.96. The molecule has 0 spiro atoms. The van der Waals surface area contributed by atoms with Gasteiger partial charge in [0.1, 0.15) is 6.04 Å². The lowest BCUT2D eigenvalue weighted by molar-refractivity contribution is -0.147. The molecular formula is C9H13NO6. The summed E-state index contributed by atoms with van der Waals surface area (Å²) in [6.45, 7) is 1.74. The Morgan fingerprint density at radius 3 is 2.19 bits per heavy atom. The molecule has 0 saturated carbocycles. The van der Waals surface area contributed by atoms with Crippen molar-refractivity contribution in [2.75, 3.05) is 6.61 Å². The summed E-state index contributed by atoms with van der Waals surface area (Å²) in [4.78, 5) is 42.9. The number of hydrogen-bond donors (Lipinski definition) is 2. The number of nitrogens with one attached hydrogen (secondary N) is 1. The molecule has 1 amide bonds. The second kappa shape index (κ2) is 6.54. The molecule has 0 aromatic carbocycles. The fourth-order valence-corrected chi connectivity index (χ4v) is 0.939. The minimum atomic E-state index is -1.23. The Kier molecular flexibility index (Phi) is 5.76. The minimum Gasteiger partial charge on any atom is -0.481 e. The summed E-state index contributed by atoms with van der Waals surface area (Å²) in [6.07, 6.45) is -0.542. The van der Waals surface area contributed by atoms with Gasteiger partial charge in [-0.25, -0.2) is 0 Å². The van der Waals surface area contributed by atoms with E-state index in [9.17, 15) is 19.2 Å². The quantitative estimate of drug-likeness (QED) is 0.573. The number of esters is 1. The topological polar surface area (TPSA) is 110 Å². The van der Waals surface area contributed by atoms with E-state index in [1.165, 1.54) is 0 Å². The molecule has 2 N–H and O–H groups in total. The third kappa shape index (κ3) is 6.52. The van der Waals surface area contributed by atoms with Crippen molar-refractivity contribution in [3.63, 3.8) is 0 Å². The van der Waals surface area contributed by atoms with Crippen LogP contribution in [0.3, 0.4) is 0 Å². The van der Waals surface area contributed by atoms with Gasteiger partial charge in [-0.15, -0.1) is 0 Å². The second-order valence-electron chi connectivity index (χ2n) is 3.10. The Morgan fingerprint density at radius 2 is 1.81 bits per heavy atom. The Hall–Kier alpha value is -1.92. The summed E-state index contributed by atoms with van der Waals surface area (Å²) in [5.41, 5.74) is 0. The van der Waals surface area contributed by atoms with Gasteiger partial charge >= 0.3 is 11.9 Å². The van der Waals surface area contributed by atoms with E-state index in [0.717, 1.165) is 13.8 Å². The van der Waals surface area contributed by atoms with Crippen LogP contribution in [0.4, 0.5) is 0 Å². The number of Topliss-reactive ketones (excluding diaryl/α,β-unsaturated/α-hetero) is 1. The van der Waals surface area contributed by atoms with Crippen LogP contribution in [0.15, 0.2) is 0 Å². The predicted molar refractivity (Wildman–Crippen MR) is 51.5 cm³/mol. The third-order valence-electron chi connectivity index (χ3n) is 1.56. The number of ketones is 1. The maximum atomic E-state index is 11.4. The van der Waals surface area contributed by atoms with E-state index < -0.39 is 42.7 Å². The van der Waals surface area contributed by atoms with Crippen LogP contribution in [0.2, 0.25) is 0 Å². The molecule has 0 bridgehead atoms. The van der Waals surface area contributed by atoms with E-state index >= 15 is 0 Å². The van der Waals surface area contributed by atoms with Crippen molar-refractivity contribution in [1.29, 1.82) is 0 Å². The lowest BCUT2D eigenvalue weighted by Crippen LogP contribution is -2.43. The number of carbonyl (C=O) groups excluding carboxylic acids is 3. The van der Waals surface area contributed by atoms with Crippen LogP contribution < -0.4 is 5.32 Å². The fourth-order valence-electron chi connectivity index (χ4n) is 0.939. The van der Waals surface area contributed by atoms with Crippen molar-refractivity contribution < 1.29 is 29.0 Å². The van der Waals surface area contributed by atoms with E-state index in [4.69, 9.17) is 5.11 Å². The first-order chi connectivity index (χ1) is 7.32. The summed E-state index contributed by atoms with van der Waals surface area (Å²) in [5, 5.41) is 10.7. The molecule has 0 fully saturated rings. The van der Waals surface area contributed by atoms with E-state index in [-0.39, 0.29) is 0 Å². The van der Waals surface area contributed by atoms with Gasteiger partial charge in [0.2, 0.25) is 5.91 Å². The molecule has 0 aromatic heterocycles. The molecule has 0 radical (unpaired) electrons. The number of carboxylic acid groups (broad SMARTS) is 1. The number of rotatable bonds is 6. The average Bonchev–Trinajstić information content (AvgIpc) is 2.11. The van der Waals surface area contributed by atoms with Crippen LogP contribution in [0, 0.1) is 0 Å². The Labute approximate surface area is 91.8 Å². The van der Waals surface area contributed by atoms with Crippen molar-refractivity contribution in [1.82, 2.24) is 5.32 Å². The molecule has 1 atom stereocenters. The van der Waals surface area contributed by atoms with Crippen molar-refractivity contribution in [3.8, 4) is 0 Å².